The van der Waals surface area contributed by atoms with Crippen molar-refractivity contribution < 1.29 is 26.3 Å². The summed E-state index contributed by atoms with van der Waals surface area (Å²) in [5.41, 5.74) is -2.51. The van der Waals surface area contributed by atoms with E-state index in [2.05, 4.69) is 9.97 Å². The fraction of sp³-hybridized carbons (Fsp3) is 0.348. The molecule has 0 radical (unpaired) electrons. The zero-order valence-corrected chi connectivity index (χ0v) is 19.3. The molecule has 1 aromatic heterocycles. The lowest BCUT2D eigenvalue weighted by Gasteiger charge is -2.34. The van der Waals surface area contributed by atoms with Gasteiger partial charge in [-0.05, 0) is 30.0 Å². The van der Waals surface area contributed by atoms with Crippen molar-refractivity contribution in [3.8, 4) is 5.75 Å². The first-order chi connectivity index (χ1) is 16.2. The zero-order valence-electron chi connectivity index (χ0n) is 18.5. The summed E-state index contributed by atoms with van der Waals surface area (Å²) in [6.45, 7) is -0.373. The summed E-state index contributed by atoms with van der Waals surface area (Å²) in [7, 11) is -4.02. The normalized spacial score (nSPS) is 17.3. The number of methoxy groups -OCH3 is 1. The topological polar surface area (TPSA) is 78.5 Å². The van der Waals surface area contributed by atoms with Crippen molar-refractivity contribution in [1.29, 1.82) is 0 Å². The minimum absolute atomic E-state index is 0.306. The quantitative estimate of drug-likeness (QED) is 0.535. The average Bonchev–Trinajstić information content (AvgIpc) is 3.27. The van der Waals surface area contributed by atoms with Gasteiger partial charge in [-0.25, -0.2) is 13.4 Å². The summed E-state index contributed by atoms with van der Waals surface area (Å²) in [6, 6.07) is 14.0. The molecule has 0 bridgehead atoms. The van der Waals surface area contributed by atoms with Gasteiger partial charge in [-0.3, -0.25) is 0 Å². The molecule has 34 heavy (non-hydrogen) atoms. The number of benzene rings is 2. The fourth-order valence-corrected chi connectivity index (χ4v) is 5.15. The van der Waals surface area contributed by atoms with Crippen molar-refractivity contribution in [2.45, 2.75) is 37.5 Å². The van der Waals surface area contributed by atoms with E-state index in [9.17, 15) is 21.6 Å². The van der Waals surface area contributed by atoms with Crippen LogP contribution in [0.15, 0.2) is 61.1 Å². The van der Waals surface area contributed by atoms with Gasteiger partial charge in [0, 0.05) is 37.1 Å². The highest BCUT2D eigenvalue weighted by atomic mass is 32.2. The van der Waals surface area contributed by atoms with E-state index in [0.717, 1.165) is 11.3 Å². The van der Waals surface area contributed by atoms with Gasteiger partial charge in [0.1, 0.15) is 5.75 Å². The zero-order chi connectivity index (χ0) is 24.3. The summed E-state index contributed by atoms with van der Waals surface area (Å²) in [5.74, 6) is 0.530. The summed E-state index contributed by atoms with van der Waals surface area (Å²) in [6.07, 6.45) is 4.19. The Labute approximate surface area is 196 Å². The maximum absolute atomic E-state index is 13.5. The second-order valence-electron chi connectivity index (χ2n) is 8.12. The lowest BCUT2D eigenvalue weighted by atomic mass is 10.0. The number of ether oxygens (including phenoxy) is 1. The van der Waals surface area contributed by atoms with Gasteiger partial charge < -0.3 is 14.6 Å². The number of H-pyrrole nitrogens is 1. The van der Waals surface area contributed by atoms with Crippen molar-refractivity contribution in [2.75, 3.05) is 18.6 Å². The molecular weight excluding hydrogens is 469 g/mol. The van der Waals surface area contributed by atoms with Gasteiger partial charge in [-0.2, -0.15) is 17.5 Å². The molecule has 0 aliphatic carbocycles. The van der Waals surface area contributed by atoms with Crippen LogP contribution in [-0.2, 0) is 29.5 Å². The minimum Gasteiger partial charge on any atom is -0.497 e. The van der Waals surface area contributed by atoms with Crippen LogP contribution in [0, 0.1) is 0 Å². The molecule has 4 rings (SSSR count). The Kier molecular flexibility index (Phi) is 6.85. The Morgan fingerprint density at radius 3 is 2.59 bits per heavy atom. The molecule has 11 heteroatoms. The largest absolute Gasteiger partial charge is 0.511 e. The molecule has 0 unspecified atom stereocenters. The van der Waals surface area contributed by atoms with Gasteiger partial charge in [0.05, 0.1) is 25.7 Å². The SMILES string of the molecule is COc1ccc2c(c1)N(Cc1cnc[nH]1)[C@@H](CCc1ccccc1)CN(S(=O)(=O)C(F)(F)F)C2. The number of hydrogen-bond acceptors (Lipinski definition) is 5. The molecule has 1 aliphatic rings. The molecule has 7 nitrogen and oxygen atoms in total. The van der Waals surface area contributed by atoms with E-state index >= 15 is 0 Å². The molecule has 1 aliphatic heterocycles. The fourth-order valence-electron chi connectivity index (χ4n) is 4.18. The molecule has 0 amide bonds. The van der Waals surface area contributed by atoms with E-state index in [1.807, 2.05) is 35.2 Å². The molecule has 1 N–H and O–H groups in total. The smallest absolute Gasteiger partial charge is 0.497 e. The molecule has 0 saturated heterocycles. The summed E-state index contributed by atoms with van der Waals surface area (Å²) in [5, 5.41) is 0. The van der Waals surface area contributed by atoms with Crippen LogP contribution < -0.4 is 9.64 Å². The summed E-state index contributed by atoms with van der Waals surface area (Å²) in [4.78, 5) is 9.02. The Morgan fingerprint density at radius 1 is 1.18 bits per heavy atom. The van der Waals surface area contributed by atoms with Gasteiger partial charge in [-0.15, -0.1) is 0 Å². The number of hydrogen-bond donors (Lipinski definition) is 1. The number of alkyl halides is 3. The molecule has 3 aromatic rings. The van der Waals surface area contributed by atoms with Crippen LogP contribution in [0.3, 0.4) is 0 Å². The highest BCUT2D eigenvalue weighted by molar-refractivity contribution is 7.89. The number of aromatic nitrogens is 2. The van der Waals surface area contributed by atoms with Crippen LogP contribution in [-0.4, -0.2) is 47.9 Å². The van der Waals surface area contributed by atoms with Crippen LogP contribution in [0.2, 0.25) is 0 Å². The predicted octanol–water partition coefficient (Wildman–Crippen LogP) is 4.09. The number of aryl methyl sites for hydroxylation is 1. The minimum atomic E-state index is -5.53. The van der Waals surface area contributed by atoms with Crippen LogP contribution in [0.1, 0.15) is 23.2 Å². The molecule has 0 spiro atoms. The van der Waals surface area contributed by atoms with E-state index in [1.54, 1.807) is 24.4 Å². The Bertz CT molecular complexity index is 1200. The second-order valence-corrected chi connectivity index (χ2v) is 10.1. The number of anilines is 1. The van der Waals surface area contributed by atoms with E-state index < -0.39 is 21.6 Å². The number of sulfonamides is 1. The second kappa shape index (κ2) is 9.67. The molecular formula is C23H25F3N4O3S. The lowest BCUT2D eigenvalue weighted by Crippen LogP contribution is -2.47. The van der Waals surface area contributed by atoms with Gasteiger partial charge in [0.2, 0.25) is 0 Å². The average molecular weight is 495 g/mol. The van der Waals surface area contributed by atoms with Crippen molar-refractivity contribution in [3.05, 3.63) is 77.9 Å². The predicted molar refractivity (Wildman–Crippen MR) is 122 cm³/mol. The summed E-state index contributed by atoms with van der Waals surface area (Å²) >= 11 is 0. The molecule has 182 valence electrons. The number of fused-ring (bicyclic) bond motifs is 1. The number of nitrogens with one attached hydrogen (secondary N) is 1. The van der Waals surface area contributed by atoms with Crippen molar-refractivity contribution in [1.82, 2.24) is 14.3 Å². The Balaban J connectivity index is 1.78. The molecule has 2 heterocycles. The van der Waals surface area contributed by atoms with Gasteiger partial charge >= 0.3 is 15.5 Å². The number of aromatic amines is 1. The highest BCUT2D eigenvalue weighted by Crippen LogP contribution is 2.37. The summed E-state index contributed by atoms with van der Waals surface area (Å²) < 4.78 is 71.5. The maximum Gasteiger partial charge on any atom is 0.511 e. The third kappa shape index (κ3) is 5.05. The van der Waals surface area contributed by atoms with Crippen LogP contribution in [0.25, 0.3) is 0 Å². The Hall–Kier alpha value is -3.05. The third-order valence-corrected chi connectivity index (χ3v) is 7.48. The Morgan fingerprint density at radius 2 is 1.94 bits per heavy atom. The van der Waals surface area contributed by atoms with Gasteiger partial charge in [0.15, 0.2) is 0 Å². The van der Waals surface area contributed by atoms with Gasteiger partial charge in [0.25, 0.3) is 0 Å². The van der Waals surface area contributed by atoms with Crippen LogP contribution in [0.4, 0.5) is 18.9 Å². The first-order valence-electron chi connectivity index (χ1n) is 10.7. The van der Waals surface area contributed by atoms with E-state index in [1.165, 1.54) is 13.4 Å². The molecule has 2 aromatic carbocycles. The number of imidazole rings is 1. The number of halogens is 3. The van der Waals surface area contributed by atoms with Crippen molar-refractivity contribution in [3.63, 3.8) is 0 Å². The van der Waals surface area contributed by atoms with E-state index in [0.29, 0.717) is 40.7 Å². The molecule has 0 fully saturated rings. The first kappa shape index (κ1) is 24.1. The standard InChI is InChI=1S/C23H25F3N4O3S/c1-33-21-10-8-18-13-29(34(31,32)23(24,25)26)15-20(9-7-17-5-3-2-4-6-17)30(22(18)11-21)14-19-12-27-16-28-19/h2-6,8,10-12,16,20H,7,9,13-15H2,1H3,(H,27,28)/t20-/m0/s1. The third-order valence-electron chi connectivity index (χ3n) is 5.94. The lowest BCUT2D eigenvalue weighted by molar-refractivity contribution is -0.0492. The monoisotopic (exact) mass is 494 g/mol. The van der Waals surface area contributed by atoms with Crippen LogP contribution in [0.5, 0.6) is 5.75 Å². The molecule has 0 saturated carbocycles. The van der Waals surface area contributed by atoms with Crippen molar-refractivity contribution >= 4 is 15.7 Å². The number of nitrogens with zero attached hydrogens (tertiary/aromatic N) is 3. The molecule has 1 atom stereocenters. The van der Waals surface area contributed by atoms with E-state index in [4.69, 9.17) is 4.74 Å². The van der Waals surface area contributed by atoms with Crippen molar-refractivity contribution in [2.24, 2.45) is 0 Å². The van der Waals surface area contributed by atoms with E-state index in [-0.39, 0.29) is 13.1 Å². The number of rotatable bonds is 7. The first-order valence-corrected chi connectivity index (χ1v) is 12.1. The van der Waals surface area contributed by atoms with Gasteiger partial charge in [-0.1, -0.05) is 36.4 Å². The highest BCUT2D eigenvalue weighted by Gasteiger charge is 2.51. The maximum atomic E-state index is 13.5. The van der Waals surface area contributed by atoms with Crippen LogP contribution >= 0.6 is 0 Å².